The van der Waals surface area contributed by atoms with Gasteiger partial charge in [0.05, 0.1) is 12.2 Å². The highest BCUT2D eigenvalue weighted by Crippen LogP contribution is 2.27. The highest BCUT2D eigenvalue weighted by molar-refractivity contribution is 7.85. The van der Waals surface area contributed by atoms with Crippen molar-refractivity contribution in [3.05, 3.63) is 0 Å². The predicted octanol–water partition coefficient (Wildman–Crippen LogP) is -0.496. The van der Waals surface area contributed by atoms with Crippen LogP contribution in [0.25, 0.3) is 0 Å². The van der Waals surface area contributed by atoms with Gasteiger partial charge in [0.25, 0.3) is 10.1 Å². The van der Waals surface area contributed by atoms with Crippen molar-refractivity contribution in [2.24, 2.45) is 11.7 Å². The minimum Gasteiger partial charge on any atom is -0.393 e. The highest BCUT2D eigenvalue weighted by atomic mass is 32.2. The summed E-state index contributed by atoms with van der Waals surface area (Å²) < 4.78 is 29.8. The summed E-state index contributed by atoms with van der Waals surface area (Å²) in [6.07, 6.45) is 2.17. The number of aliphatic hydroxyl groups is 2. The molecule has 0 aromatic heterocycles. The van der Waals surface area contributed by atoms with E-state index in [4.69, 9.17) is 10.3 Å². The van der Waals surface area contributed by atoms with Gasteiger partial charge in [0.15, 0.2) is 0 Å². The van der Waals surface area contributed by atoms with Gasteiger partial charge in [-0.05, 0) is 38.0 Å². The lowest BCUT2D eigenvalue weighted by Gasteiger charge is -2.28. The average molecular weight is 267 g/mol. The fraction of sp³-hybridized carbons (Fsp3) is 1.00. The molecule has 2 atom stereocenters. The fourth-order valence-corrected chi connectivity index (χ4v) is 2.94. The van der Waals surface area contributed by atoms with E-state index in [0.29, 0.717) is 12.3 Å². The number of aliphatic hydroxyl groups excluding tert-OH is 2. The Hall–Kier alpha value is -0.210. The minimum atomic E-state index is -4.19. The van der Waals surface area contributed by atoms with Gasteiger partial charge >= 0.3 is 0 Å². The molecule has 0 aliphatic heterocycles. The third kappa shape index (κ3) is 5.78. The molecule has 0 aromatic carbocycles. The summed E-state index contributed by atoms with van der Waals surface area (Å²) in [6.45, 7) is 0. The molecule has 1 rings (SSSR count). The van der Waals surface area contributed by atoms with E-state index in [1.807, 2.05) is 0 Å². The normalized spacial score (nSPS) is 29.9. The number of rotatable bonds is 5. The lowest BCUT2D eigenvalue weighted by atomic mass is 9.83. The van der Waals surface area contributed by atoms with Crippen LogP contribution < -0.4 is 5.73 Å². The van der Waals surface area contributed by atoms with E-state index >= 15 is 0 Å². The molecule has 5 N–H and O–H groups in total. The van der Waals surface area contributed by atoms with Crippen molar-refractivity contribution in [1.29, 1.82) is 0 Å². The largest absolute Gasteiger partial charge is 0.393 e. The zero-order valence-corrected chi connectivity index (χ0v) is 10.5. The summed E-state index contributed by atoms with van der Waals surface area (Å²) >= 11 is 0. The van der Waals surface area contributed by atoms with Crippen molar-refractivity contribution in [3.8, 4) is 0 Å². The molecular formula is C10H21NO5S. The van der Waals surface area contributed by atoms with E-state index in [0.717, 1.165) is 25.7 Å². The average Bonchev–Trinajstić information content (AvgIpc) is 2.19. The van der Waals surface area contributed by atoms with E-state index in [9.17, 15) is 18.6 Å². The number of hydrogen-bond donors (Lipinski definition) is 4. The van der Waals surface area contributed by atoms with Crippen LogP contribution in [0.1, 0.15) is 32.1 Å². The molecule has 1 aliphatic rings. The molecule has 0 spiro atoms. The van der Waals surface area contributed by atoms with Crippen molar-refractivity contribution < 1.29 is 23.2 Å². The molecular weight excluding hydrogens is 246 g/mol. The van der Waals surface area contributed by atoms with Gasteiger partial charge in [0, 0.05) is 6.04 Å². The van der Waals surface area contributed by atoms with E-state index in [1.165, 1.54) is 0 Å². The Morgan fingerprint density at radius 3 is 2.24 bits per heavy atom. The van der Waals surface area contributed by atoms with Crippen LogP contribution in [0.3, 0.4) is 0 Å². The first kappa shape index (κ1) is 14.8. The second kappa shape index (κ2) is 6.10. The maximum atomic E-state index is 10.6. The molecule has 1 aliphatic carbocycles. The van der Waals surface area contributed by atoms with Crippen LogP contribution >= 0.6 is 0 Å². The Labute approximate surface area is 102 Å². The molecule has 0 unspecified atom stereocenters. The standard InChI is InChI=1S/C10H21NO5S/c11-9(10(13)6-17(14,15)16)5-7-1-3-8(12)4-2-7/h7-10,12-13H,1-6,11H2,(H,14,15,16)/t7?,8?,9-,10-/m0/s1. The Bertz CT molecular complexity index is 324. The number of nitrogens with two attached hydrogens (primary N) is 1. The Morgan fingerprint density at radius 2 is 1.76 bits per heavy atom. The molecule has 1 fully saturated rings. The monoisotopic (exact) mass is 267 g/mol. The smallest absolute Gasteiger partial charge is 0.267 e. The van der Waals surface area contributed by atoms with Crippen LogP contribution in [0.2, 0.25) is 0 Å². The summed E-state index contributed by atoms with van der Waals surface area (Å²) in [7, 11) is -4.19. The summed E-state index contributed by atoms with van der Waals surface area (Å²) in [5.74, 6) is -0.409. The summed E-state index contributed by atoms with van der Waals surface area (Å²) in [5, 5.41) is 18.9. The third-order valence-electron chi connectivity index (χ3n) is 3.30. The fourth-order valence-electron chi connectivity index (χ4n) is 2.26. The second-order valence-electron chi connectivity index (χ2n) is 4.89. The Morgan fingerprint density at radius 1 is 1.24 bits per heavy atom. The first-order chi connectivity index (χ1) is 7.78. The first-order valence-electron chi connectivity index (χ1n) is 5.85. The van der Waals surface area contributed by atoms with E-state index < -0.39 is 28.0 Å². The van der Waals surface area contributed by atoms with Crippen LogP contribution in [0.5, 0.6) is 0 Å². The van der Waals surface area contributed by atoms with Crippen LogP contribution in [0.4, 0.5) is 0 Å². The van der Waals surface area contributed by atoms with Crippen LogP contribution in [0.15, 0.2) is 0 Å². The molecule has 0 amide bonds. The minimum absolute atomic E-state index is 0.245. The molecule has 6 nitrogen and oxygen atoms in total. The zero-order valence-electron chi connectivity index (χ0n) is 9.70. The van der Waals surface area contributed by atoms with Gasteiger partial charge in [0.2, 0.25) is 0 Å². The third-order valence-corrected chi connectivity index (χ3v) is 4.06. The Kier molecular flexibility index (Phi) is 5.33. The second-order valence-corrected chi connectivity index (χ2v) is 6.39. The first-order valence-corrected chi connectivity index (χ1v) is 7.45. The van der Waals surface area contributed by atoms with E-state index in [-0.39, 0.29) is 6.10 Å². The quantitative estimate of drug-likeness (QED) is 0.498. The van der Waals surface area contributed by atoms with E-state index in [1.54, 1.807) is 0 Å². The van der Waals surface area contributed by atoms with Gasteiger partial charge in [-0.3, -0.25) is 4.55 Å². The lowest BCUT2D eigenvalue weighted by Crippen LogP contribution is -2.41. The van der Waals surface area contributed by atoms with Gasteiger partial charge in [-0.25, -0.2) is 0 Å². The Balaban J connectivity index is 2.35. The maximum absolute atomic E-state index is 10.6. The maximum Gasteiger partial charge on any atom is 0.267 e. The SMILES string of the molecule is N[C@@H](CC1CCC(O)CC1)[C@@H](O)CS(=O)(=O)O. The molecule has 1 saturated carbocycles. The van der Waals surface area contributed by atoms with Gasteiger partial charge in [-0.1, -0.05) is 0 Å². The molecule has 0 radical (unpaired) electrons. The van der Waals surface area contributed by atoms with Crippen molar-refractivity contribution in [3.63, 3.8) is 0 Å². The van der Waals surface area contributed by atoms with Crippen molar-refractivity contribution in [1.82, 2.24) is 0 Å². The van der Waals surface area contributed by atoms with Gasteiger partial charge < -0.3 is 15.9 Å². The molecule has 17 heavy (non-hydrogen) atoms. The van der Waals surface area contributed by atoms with Gasteiger partial charge in [0.1, 0.15) is 5.75 Å². The lowest BCUT2D eigenvalue weighted by molar-refractivity contribution is 0.0933. The van der Waals surface area contributed by atoms with Crippen molar-refractivity contribution in [2.45, 2.75) is 50.4 Å². The molecule has 0 aromatic rings. The molecule has 102 valence electrons. The van der Waals surface area contributed by atoms with Crippen LogP contribution in [0, 0.1) is 5.92 Å². The molecule has 0 heterocycles. The van der Waals surface area contributed by atoms with E-state index in [2.05, 4.69) is 0 Å². The van der Waals surface area contributed by atoms with Crippen molar-refractivity contribution >= 4 is 10.1 Å². The molecule has 0 saturated heterocycles. The topological polar surface area (TPSA) is 121 Å². The number of hydrogen-bond acceptors (Lipinski definition) is 5. The molecule has 7 heteroatoms. The highest BCUT2D eigenvalue weighted by Gasteiger charge is 2.26. The van der Waals surface area contributed by atoms with Crippen LogP contribution in [-0.2, 0) is 10.1 Å². The van der Waals surface area contributed by atoms with Crippen LogP contribution in [-0.4, -0.2) is 47.2 Å². The predicted molar refractivity (Wildman–Crippen MR) is 63.0 cm³/mol. The van der Waals surface area contributed by atoms with Gasteiger partial charge in [-0.15, -0.1) is 0 Å². The summed E-state index contributed by atoms with van der Waals surface area (Å²) in [4.78, 5) is 0. The summed E-state index contributed by atoms with van der Waals surface area (Å²) in [5.41, 5.74) is 5.70. The molecule has 0 bridgehead atoms. The van der Waals surface area contributed by atoms with Gasteiger partial charge in [-0.2, -0.15) is 8.42 Å². The zero-order chi connectivity index (χ0) is 13.1. The van der Waals surface area contributed by atoms with Crippen molar-refractivity contribution in [2.75, 3.05) is 5.75 Å². The summed E-state index contributed by atoms with van der Waals surface area (Å²) in [6, 6.07) is -0.655.